The number of aliphatic hydroxyl groups excluding tert-OH is 1. The third-order valence-electron chi connectivity index (χ3n) is 2.40. The number of hydrogen-bond donors (Lipinski definition) is 1. The first-order valence-electron chi connectivity index (χ1n) is 5.64. The Morgan fingerprint density at radius 1 is 1.17 bits per heavy atom. The maximum Gasteiger partial charge on any atom is 0.142 e. The molecule has 0 saturated heterocycles. The molecule has 2 rings (SSSR count). The highest BCUT2D eigenvalue weighted by molar-refractivity contribution is 5.74. The van der Waals surface area contributed by atoms with E-state index in [1.807, 2.05) is 44.2 Å². The third kappa shape index (κ3) is 2.48. The van der Waals surface area contributed by atoms with Crippen molar-refractivity contribution < 1.29 is 5.11 Å². The summed E-state index contributed by atoms with van der Waals surface area (Å²) in [7, 11) is 0. The quantitative estimate of drug-likeness (QED) is 0.662. The van der Waals surface area contributed by atoms with Crippen LogP contribution in [0.4, 0.5) is 0 Å². The van der Waals surface area contributed by atoms with Crippen LogP contribution in [0.3, 0.4) is 0 Å². The molecule has 18 heavy (non-hydrogen) atoms. The van der Waals surface area contributed by atoms with Crippen LogP contribution in [-0.2, 0) is 0 Å². The molecule has 4 nitrogen and oxygen atoms in total. The molecule has 0 spiro atoms. The second-order valence-corrected chi connectivity index (χ2v) is 4.22. The van der Waals surface area contributed by atoms with Crippen molar-refractivity contribution >= 4 is 16.7 Å². The molecule has 0 aliphatic carbocycles. The number of aliphatic hydroxyl groups is 1. The van der Waals surface area contributed by atoms with Gasteiger partial charge in [0.2, 0.25) is 0 Å². The standard InChI is InChI=1S/C14H15N3O/c1-10(2)8-9-14(18)11(3)17-15-12-6-4-5-7-13(12)16-17/h4-9,18H,3H2,1-2H3/b14-9+. The van der Waals surface area contributed by atoms with Crippen molar-refractivity contribution in [3.05, 3.63) is 54.3 Å². The van der Waals surface area contributed by atoms with Gasteiger partial charge < -0.3 is 5.11 Å². The van der Waals surface area contributed by atoms with E-state index >= 15 is 0 Å². The van der Waals surface area contributed by atoms with E-state index in [0.29, 0.717) is 5.70 Å². The van der Waals surface area contributed by atoms with E-state index in [9.17, 15) is 5.11 Å². The SMILES string of the molecule is C=C(/C(O)=C\C=C(C)C)n1nc2ccccc2n1. The van der Waals surface area contributed by atoms with Crippen LogP contribution in [0, 0.1) is 0 Å². The first kappa shape index (κ1) is 12.1. The number of rotatable bonds is 3. The third-order valence-corrected chi connectivity index (χ3v) is 2.40. The molecule has 0 aliphatic heterocycles. The molecule has 1 heterocycles. The van der Waals surface area contributed by atoms with Crippen LogP contribution in [0.15, 0.2) is 54.3 Å². The van der Waals surface area contributed by atoms with Gasteiger partial charge in [0.1, 0.15) is 22.5 Å². The monoisotopic (exact) mass is 241 g/mol. The van der Waals surface area contributed by atoms with Crippen LogP contribution in [0.1, 0.15) is 13.8 Å². The van der Waals surface area contributed by atoms with Gasteiger partial charge in [-0.1, -0.05) is 30.4 Å². The molecular formula is C14H15N3O. The lowest BCUT2D eigenvalue weighted by Crippen LogP contribution is -2.02. The summed E-state index contributed by atoms with van der Waals surface area (Å²) in [5.74, 6) is 0.0523. The van der Waals surface area contributed by atoms with Crippen molar-refractivity contribution in [3.63, 3.8) is 0 Å². The number of benzene rings is 1. The highest BCUT2D eigenvalue weighted by Crippen LogP contribution is 2.14. The van der Waals surface area contributed by atoms with Crippen molar-refractivity contribution in [3.8, 4) is 0 Å². The minimum absolute atomic E-state index is 0.0523. The fraction of sp³-hybridized carbons (Fsp3) is 0.143. The molecule has 4 heteroatoms. The molecule has 0 unspecified atom stereocenters. The Morgan fingerprint density at radius 2 is 1.72 bits per heavy atom. The molecule has 0 fully saturated rings. The Balaban J connectivity index is 2.34. The lowest BCUT2D eigenvalue weighted by molar-refractivity contribution is 0.428. The molecule has 0 saturated carbocycles. The Hall–Kier alpha value is -2.36. The normalized spacial score (nSPS) is 11.6. The van der Waals surface area contributed by atoms with Gasteiger partial charge in [-0.2, -0.15) is 0 Å². The first-order chi connectivity index (χ1) is 8.58. The molecule has 0 radical (unpaired) electrons. The Morgan fingerprint density at radius 3 is 2.22 bits per heavy atom. The van der Waals surface area contributed by atoms with Gasteiger partial charge in [-0.25, -0.2) is 0 Å². The molecule has 1 N–H and O–H groups in total. The number of fused-ring (bicyclic) bond motifs is 1. The molecule has 0 amide bonds. The van der Waals surface area contributed by atoms with Crippen LogP contribution >= 0.6 is 0 Å². The molecule has 0 atom stereocenters. The van der Waals surface area contributed by atoms with E-state index in [2.05, 4.69) is 16.8 Å². The summed E-state index contributed by atoms with van der Waals surface area (Å²) in [6.07, 6.45) is 3.40. The lowest BCUT2D eigenvalue weighted by atomic mass is 10.3. The van der Waals surface area contributed by atoms with Crippen molar-refractivity contribution in [2.75, 3.05) is 0 Å². The number of aromatic nitrogens is 3. The largest absolute Gasteiger partial charge is 0.506 e. The van der Waals surface area contributed by atoms with Gasteiger partial charge in [-0.05, 0) is 32.1 Å². The summed E-state index contributed by atoms with van der Waals surface area (Å²) in [5.41, 5.74) is 2.99. The van der Waals surface area contributed by atoms with Gasteiger partial charge in [-0.3, -0.25) is 0 Å². The average molecular weight is 241 g/mol. The highest BCUT2D eigenvalue weighted by Gasteiger charge is 2.07. The molecular weight excluding hydrogens is 226 g/mol. The number of nitrogens with zero attached hydrogens (tertiary/aromatic N) is 3. The lowest BCUT2D eigenvalue weighted by Gasteiger charge is -2.01. The van der Waals surface area contributed by atoms with E-state index in [1.165, 1.54) is 4.80 Å². The summed E-state index contributed by atoms with van der Waals surface area (Å²) >= 11 is 0. The summed E-state index contributed by atoms with van der Waals surface area (Å²) in [5, 5.41) is 18.4. The molecule has 1 aromatic heterocycles. The summed E-state index contributed by atoms with van der Waals surface area (Å²) in [6.45, 7) is 7.69. The zero-order valence-electron chi connectivity index (χ0n) is 10.5. The molecule has 2 aromatic rings. The van der Waals surface area contributed by atoms with Crippen LogP contribution in [0.2, 0.25) is 0 Å². The molecule has 92 valence electrons. The molecule has 0 aliphatic rings. The van der Waals surface area contributed by atoms with Crippen molar-refractivity contribution in [1.82, 2.24) is 15.0 Å². The molecule has 1 aromatic carbocycles. The Labute approximate surface area is 106 Å². The Kier molecular flexibility index (Phi) is 3.28. The average Bonchev–Trinajstić information content (AvgIpc) is 2.78. The van der Waals surface area contributed by atoms with Gasteiger partial charge in [0.25, 0.3) is 0 Å². The number of hydrogen-bond acceptors (Lipinski definition) is 3. The zero-order chi connectivity index (χ0) is 13.1. The van der Waals surface area contributed by atoms with Crippen molar-refractivity contribution in [2.24, 2.45) is 0 Å². The maximum atomic E-state index is 9.86. The fourth-order valence-corrected chi connectivity index (χ4v) is 1.42. The van der Waals surface area contributed by atoms with Crippen LogP contribution in [0.25, 0.3) is 16.7 Å². The minimum atomic E-state index is 0.0523. The van der Waals surface area contributed by atoms with Crippen LogP contribution in [-0.4, -0.2) is 20.1 Å². The van der Waals surface area contributed by atoms with Gasteiger partial charge in [0, 0.05) is 0 Å². The minimum Gasteiger partial charge on any atom is -0.506 e. The smallest absolute Gasteiger partial charge is 0.142 e. The fourth-order valence-electron chi connectivity index (χ4n) is 1.42. The maximum absolute atomic E-state index is 9.86. The zero-order valence-corrected chi connectivity index (χ0v) is 10.5. The Bertz CT molecular complexity index is 613. The second kappa shape index (κ2) is 4.87. The summed E-state index contributed by atoms with van der Waals surface area (Å²) in [4.78, 5) is 1.34. The van der Waals surface area contributed by atoms with Gasteiger partial charge >= 0.3 is 0 Å². The van der Waals surface area contributed by atoms with Crippen molar-refractivity contribution in [1.29, 1.82) is 0 Å². The van der Waals surface area contributed by atoms with E-state index in [0.717, 1.165) is 16.6 Å². The topological polar surface area (TPSA) is 50.9 Å². The van der Waals surface area contributed by atoms with E-state index in [-0.39, 0.29) is 5.76 Å². The number of allylic oxidation sites excluding steroid dienone is 4. The van der Waals surface area contributed by atoms with E-state index < -0.39 is 0 Å². The summed E-state index contributed by atoms with van der Waals surface area (Å²) < 4.78 is 0. The van der Waals surface area contributed by atoms with Crippen LogP contribution < -0.4 is 0 Å². The van der Waals surface area contributed by atoms with Crippen LogP contribution in [0.5, 0.6) is 0 Å². The van der Waals surface area contributed by atoms with Crippen molar-refractivity contribution in [2.45, 2.75) is 13.8 Å². The first-order valence-corrected chi connectivity index (χ1v) is 5.64. The van der Waals surface area contributed by atoms with Gasteiger partial charge in [-0.15, -0.1) is 15.0 Å². The molecule has 0 bridgehead atoms. The van der Waals surface area contributed by atoms with E-state index in [4.69, 9.17) is 0 Å². The van der Waals surface area contributed by atoms with E-state index in [1.54, 1.807) is 6.08 Å². The van der Waals surface area contributed by atoms with Gasteiger partial charge in [0.05, 0.1) is 0 Å². The highest BCUT2D eigenvalue weighted by atomic mass is 16.3. The predicted octanol–water partition coefficient (Wildman–Crippen LogP) is 3.31. The predicted molar refractivity (Wildman–Crippen MR) is 73.0 cm³/mol. The second-order valence-electron chi connectivity index (χ2n) is 4.22. The van der Waals surface area contributed by atoms with Gasteiger partial charge in [0.15, 0.2) is 0 Å². The summed E-state index contributed by atoms with van der Waals surface area (Å²) in [6, 6.07) is 7.51.